The summed E-state index contributed by atoms with van der Waals surface area (Å²) in [5.41, 5.74) is 0. The van der Waals surface area contributed by atoms with Gasteiger partial charge in [0.1, 0.15) is 13.2 Å². The fraction of sp³-hybridized carbons (Fsp3) is 0.667. The number of carbonyl (C=O) groups is 3. The van der Waals surface area contributed by atoms with Crippen molar-refractivity contribution in [2.24, 2.45) is 0 Å². The SMILES string of the molecule is CC/C=C\C/C=C\C/C=C\C/C=C\C/C=C\C/C=C\CCCCC(=O)OC(COC(=O)CCCCCCCCCC)COC(OCC[N+](C)(C)C)C(=O)[O-]. The quantitative estimate of drug-likeness (QED) is 0.0205. The average Bonchev–Trinajstić information content (AvgIpc) is 3.12. The molecular weight excluding hydrogens is 682 g/mol. The summed E-state index contributed by atoms with van der Waals surface area (Å²) in [6.45, 7) is 4.50. The number of likely N-dealkylation sites (N-methyl/N-ethyl adjacent to an activating group) is 1. The summed E-state index contributed by atoms with van der Waals surface area (Å²) >= 11 is 0. The molecule has 54 heavy (non-hydrogen) atoms. The molecule has 0 N–H and O–H groups in total. The van der Waals surface area contributed by atoms with Gasteiger partial charge in [-0.15, -0.1) is 0 Å². The zero-order chi connectivity index (χ0) is 40.0. The molecule has 0 aliphatic rings. The molecule has 308 valence electrons. The molecule has 0 aromatic rings. The largest absolute Gasteiger partial charge is 0.545 e. The van der Waals surface area contributed by atoms with Crippen LogP contribution in [0.4, 0.5) is 0 Å². The Kier molecular flexibility index (Phi) is 34.5. The molecule has 0 amide bonds. The van der Waals surface area contributed by atoms with E-state index in [0.29, 0.717) is 17.4 Å². The van der Waals surface area contributed by atoms with Gasteiger partial charge in [-0.25, -0.2) is 0 Å². The van der Waals surface area contributed by atoms with Gasteiger partial charge < -0.3 is 33.3 Å². The third-order valence-corrected chi connectivity index (χ3v) is 8.22. The second kappa shape index (κ2) is 36.7. The van der Waals surface area contributed by atoms with Crippen LogP contribution in [0.2, 0.25) is 0 Å². The Morgan fingerprint density at radius 3 is 1.57 bits per heavy atom. The number of carboxylic acids is 1. The van der Waals surface area contributed by atoms with Crippen molar-refractivity contribution in [2.45, 2.75) is 148 Å². The normalized spacial score (nSPS) is 13.7. The molecule has 0 aliphatic carbocycles. The maximum absolute atomic E-state index is 12.7. The Balaban J connectivity index is 4.53. The molecular formula is C45H75NO8. The van der Waals surface area contributed by atoms with Crippen molar-refractivity contribution in [3.63, 3.8) is 0 Å². The van der Waals surface area contributed by atoms with Crippen molar-refractivity contribution in [1.29, 1.82) is 0 Å². The minimum absolute atomic E-state index is 0.136. The first kappa shape index (κ1) is 50.7. The van der Waals surface area contributed by atoms with E-state index in [1.54, 1.807) is 0 Å². The molecule has 2 unspecified atom stereocenters. The van der Waals surface area contributed by atoms with Crippen LogP contribution >= 0.6 is 0 Å². The summed E-state index contributed by atoms with van der Waals surface area (Å²) in [7, 11) is 5.87. The van der Waals surface area contributed by atoms with Gasteiger partial charge in [0.25, 0.3) is 0 Å². The van der Waals surface area contributed by atoms with Gasteiger partial charge in [0, 0.05) is 12.8 Å². The number of nitrogens with zero attached hydrogens (tertiary/aromatic N) is 1. The number of hydrogen-bond donors (Lipinski definition) is 0. The van der Waals surface area contributed by atoms with E-state index in [1.807, 2.05) is 21.1 Å². The van der Waals surface area contributed by atoms with Gasteiger partial charge in [0.15, 0.2) is 12.4 Å². The highest BCUT2D eigenvalue weighted by molar-refractivity contribution is 5.70. The van der Waals surface area contributed by atoms with Crippen molar-refractivity contribution in [2.75, 3.05) is 47.5 Å². The first-order valence-electron chi connectivity index (χ1n) is 20.6. The monoisotopic (exact) mass is 758 g/mol. The van der Waals surface area contributed by atoms with Crippen molar-refractivity contribution >= 4 is 17.9 Å². The highest BCUT2D eigenvalue weighted by Gasteiger charge is 2.21. The smallest absolute Gasteiger partial charge is 0.306 e. The predicted molar refractivity (Wildman–Crippen MR) is 218 cm³/mol. The summed E-state index contributed by atoms with van der Waals surface area (Å²) in [6.07, 6.45) is 40.9. The summed E-state index contributed by atoms with van der Waals surface area (Å²) in [6, 6.07) is 0. The van der Waals surface area contributed by atoms with Crippen LogP contribution in [0.1, 0.15) is 136 Å². The van der Waals surface area contributed by atoms with Crippen LogP contribution in [0.15, 0.2) is 72.9 Å². The lowest BCUT2D eigenvalue weighted by molar-refractivity contribution is -0.870. The van der Waals surface area contributed by atoms with Crippen LogP contribution in [-0.4, -0.2) is 82.3 Å². The lowest BCUT2D eigenvalue weighted by Crippen LogP contribution is -2.44. The minimum atomic E-state index is -1.63. The molecule has 9 nitrogen and oxygen atoms in total. The molecule has 0 saturated heterocycles. The highest BCUT2D eigenvalue weighted by Crippen LogP contribution is 2.11. The number of unbranched alkanes of at least 4 members (excludes halogenated alkanes) is 9. The topological polar surface area (TPSA) is 111 Å². The van der Waals surface area contributed by atoms with Crippen LogP contribution in [0.3, 0.4) is 0 Å². The van der Waals surface area contributed by atoms with Gasteiger partial charge in [-0.05, 0) is 64.2 Å². The number of carboxylic acid groups (broad SMARTS) is 1. The molecule has 0 radical (unpaired) electrons. The second-order valence-electron chi connectivity index (χ2n) is 14.5. The van der Waals surface area contributed by atoms with E-state index >= 15 is 0 Å². The van der Waals surface area contributed by atoms with Crippen molar-refractivity contribution in [1.82, 2.24) is 0 Å². The Morgan fingerprint density at radius 1 is 0.574 bits per heavy atom. The third kappa shape index (κ3) is 37.1. The third-order valence-electron chi connectivity index (χ3n) is 8.22. The fourth-order valence-electron chi connectivity index (χ4n) is 5.01. The Morgan fingerprint density at radius 2 is 1.06 bits per heavy atom. The number of esters is 2. The number of ether oxygens (including phenoxy) is 4. The molecule has 0 heterocycles. The molecule has 0 aliphatic heterocycles. The Bertz CT molecular complexity index is 1120. The van der Waals surface area contributed by atoms with Gasteiger partial charge in [-0.2, -0.15) is 0 Å². The van der Waals surface area contributed by atoms with Crippen molar-refractivity contribution in [3.05, 3.63) is 72.9 Å². The standard InChI is InChI=1S/C45H75NO8/c1-6-8-10-12-14-16-17-18-19-20-21-22-23-24-25-26-27-28-30-32-34-36-43(48)54-41(40-53-45(44(49)50)51-38-37-46(3,4)5)39-52-42(47)35-33-31-29-15-13-11-9-7-2/h8,10,14,16,18-19,21-22,24-25,27-28,41,45H,6-7,9,11-13,15,17,20,23,26,29-40H2,1-5H3/b10-8-,16-14-,19-18-,22-21-,25-24-,28-27-. The van der Waals surface area contributed by atoms with E-state index in [1.165, 1.54) is 32.1 Å². The van der Waals surface area contributed by atoms with Crippen LogP contribution in [0.5, 0.6) is 0 Å². The lowest BCUT2D eigenvalue weighted by atomic mass is 10.1. The molecule has 0 spiro atoms. The van der Waals surface area contributed by atoms with Crippen LogP contribution < -0.4 is 5.11 Å². The van der Waals surface area contributed by atoms with E-state index in [0.717, 1.165) is 70.6 Å². The molecule has 9 heteroatoms. The van der Waals surface area contributed by atoms with Gasteiger partial charge in [-0.3, -0.25) is 9.59 Å². The van der Waals surface area contributed by atoms with E-state index in [2.05, 4.69) is 86.8 Å². The molecule has 0 bridgehead atoms. The first-order valence-corrected chi connectivity index (χ1v) is 20.6. The number of aliphatic carboxylic acids is 1. The van der Waals surface area contributed by atoms with Gasteiger partial charge in [-0.1, -0.05) is 132 Å². The van der Waals surface area contributed by atoms with E-state index < -0.39 is 24.3 Å². The zero-order valence-electron chi connectivity index (χ0n) is 34.6. The maximum atomic E-state index is 12.7. The number of hydrogen-bond acceptors (Lipinski definition) is 8. The van der Waals surface area contributed by atoms with E-state index in [4.69, 9.17) is 18.9 Å². The average molecular weight is 758 g/mol. The summed E-state index contributed by atoms with van der Waals surface area (Å²) in [4.78, 5) is 36.7. The molecule has 0 fully saturated rings. The molecule has 0 saturated carbocycles. The lowest BCUT2D eigenvalue weighted by Gasteiger charge is -2.26. The van der Waals surface area contributed by atoms with Gasteiger partial charge in [0.05, 0.1) is 40.3 Å². The first-order chi connectivity index (χ1) is 26.1. The number of rotatable bonds is 36. The van der Waals surface area contributed by atoms with Gasteiger partial charge in [0.2, 0.25) is 0 Å². The van der Waals surface area contributed by atoms with Crippen molar-refractivity contribution < 1.29 is 42.9 Å². The van der Waals surface area contributed by atoms with Gasteiger partial charge >= 0.3 is 11.9 Å². The number of allylic oxidation sites excluding steroid dienone is 12. The molecule has 0 aromatic carbocycles. The fourth-order valence-corrected chi connectivity index (χ4v) is 5.01. The molecule has 2 atom stereocenters. The molecule has 0 rings (SSSR count). The van der Waals surface area contributed by atoms with Crippen LogP contribution in [0.25, 0.3) is 0 Å². The highest BCUT2D eigenvalue weighted by atomic mass is 16.7. The summed E-state index contributed by atoms with van der Waals surface area (Å²) in [5.74, 6) is -2.36. The van der Waals surface area contributed by atoms with E-state index in [9.17, 15) is 19.5 Å². The minimum Gasteiger partial charge on any atom is -0.545 e. The Hall–Kier alpha value is -3.27. The molecule has 0 aromatic heterocycles. The second-order valence-corrected chi connectivity index (χ2v) is 14.5. The van der Waals surface area contributed by atoms with Crippen LogP contribution in [0, 0.1) is 0 Å². The summed E-state index contributed by atoms with van der Waals surface area (Å²) < 4.78 is 22.4. The van der Waals surface area contributed by atoms with E-state index in [-0.39, 0.29) is 38.6 Å². The Labute approximate surface area is 328 Å². The maximum Gasteiger partial charge on any atom is 0.306 e. The van der Waals surface area contributed by atoms with Crippen molar-refractivity contribution in [3.8, 4) is 0 Å². The number of quaternary nitrogens is 1. The predicted octanol–water partition coefficient (Wildman–Crippen LogP) is 9.05. The zero-order valence-corrected chi connectivity index (χ0v) is 34.6. The van der Waals surface area contributed by atoms with Crippen LogP contribution in [-0.2, 0) is 33.3 Å². The number of carbonyl (C=O) groups excluding carboxylic acids is 3. The summed E-state index contributed by atoms with van der Waals surface area (Å²) in [5, 5.41) is 11.6.